The average molecular weight is 472 g/mol. The Balaban J connectivity index is 1.75. The fourth-order valence-electron chi connectivity index (χ4n) is 3.95. The van der Waals surface area contributed by atoms with Gasteiger partial charge in [-0.3, -0.25) is 4.79 Å². The van der Waals surface area contributed by atoms with Crippen molar-refractivity contribution in [1.29, 1.82) is 5.26 Å². The number of hydrogen-bond acceptors (Lipinski definition) is 9. The van der Waals surface area contributed by atoms with E-state index in [1.165, 1.54) is 6.33 Å². The Morgan fingerprint density at radius 3 is 2.71 bits per heavy atom. The zero-order valence-electron chi connectivity index (χ0n) is 19.6. The first kappa shape index (κ1) is 23.6. The van der Waals surface area contributed by atoms with Crippen molar-refractivity contribution in [2.75, 3.05) is 24.2 Å². The summed E-state index contributed by atoms with van der Waals surface area (Å²) in [4.78, 5) is 25.4. The van der Waals surface area contributed by atoms with Crippen LogP contribution >= 0.6 is 0 Å². The first-order chi connectivity index (χ1) is 16.8. The van der Waals surface area contributed by atoms with Crippen LogP contribution in [0, 0.1) is 25.2 Å². The van der Waals surface area contributed by atoms with E-state index in [9.17, 15) is 10.1 Å². The first-order valence-corrected chi connectivity index (χ1v) is 11.0. The molecule has 1 amide bonds. The largest absolute Gasteiger partial charge is 0.395 e. The zero-order chi connectivity index (χ0) is 25.1. The van der Waals surface area contributed by atoms with E-state index < -0.39 is 6.04 Å². The van der Waals surface area contributed by atoms with Crippen molar-refractivity contribution in [2.24, 2.45) is 0 Å². The number of aliphatic hydroxyl groups is 1. The van der Waals surface area contributed by atoms with Crippen molar-refractivity contribution in [3.63, 3.8) is 0 Å². The Labute approximate surface area is 201 Å². The van der Waals surface area contributed by atoms with Crippen LogP contribution in [0.4, 0.5) is 11.6 Å². The molecule has 0 unspecified atom stereocenters. The quantitative estimate of drug-likeness (QED) is 0.316. The molecule has 0 aliphatic carbocycles. The van der Waals surface area contributed by atoms with Gasteiger partial charge in [-0.25, -0.2) is 19.5 Å². The summed E-state index contributed by atoms with van der Waals surface area (Å²) in [6.07, 6.45) is 3.12. The maximum atomic E-state index is 12.6. The molecule has 11 heteroatoms. The number of nitrogens with one attached hydrogen (secondary N) is 2. The predicted octanol–water partition coefficient (Wildman–Crippen LogP) is 2.15. The Morgan fingerprint density at radius 1 is 1.29 bits per heavy atom. The molecule has 1 atom stereocenters. The van der Waals surface area contributed by atoms with Crippen molar-refractivity contribution < 1.29 is 9.90 Å². The molecule has 0 aliphatic rings. The maximum absolute atomic E-state index is 12.6. The molecule has 3 heterocycles. The molecule has 0 radical (unpaired) electrons. The number of fused-ring (bicyclic) bond motifs is 1. The molecule has 1 aromatic carbocycles. The number of nitrogens with two attached hydrogens (primary N) is 1. The normalized spacial score (nSPS) is 11.7. The summed E-state index contributed by atoms with van der Waals surface area (Å²) >= 11 is 0. The van der Waals surface area contributed by atoms with Crippen molar-refractivity contribution in [3.8, 4) is 17.3 Å². The third-order valence-corrected chi connectivity index (χ3v) is 5.57. The van der Waals surface area contributed by atoms with Gasteiger partial charge in [0.2, 0.25) is 0 Å². The van der Waals surface area contributed by atoms with Crippen molar-refractivity contribution in [3.05, 3.63) is 64.9 Å². The monoisotopic (exact) mass is 471 g/mol. The number of nitrogen functional groups attached to an aromatic ring is 1. The lowest BCUT2D eigenvalue weighted by molar-refractivity contribution is 0.0943. The van der Waals surface area contributed by atoms with Crippen molar-refractivity contribution in [1.82, 2.24) is 29.9 Å². The molecule has 0 saturated heterocycles. The van der Waals surface area contributed by atoms with Gasteiger partial charge in [-0.1, -0.05) is 0 Å². The summed E-state index contributed by atoms with van der Waals surface area (Å²) in [5.41, 5.74) is 10.5. The minimum atomic E-state index is -0.410. The van der Waals surface area contributed by atoms with E-state index in [0.29, 0.717) is 22.9 Å². The van der Waals surface area contributed by atoms with E-state index in [0.717, 1.165) is 22.2 Å². The third-order valence-electron chi connectivity index (χ3n) is 5.57. The molecular weight excluding hydrogens is 446 g/mol. The third kappa shape index (κ3) is 4.60. The van der Waals surface area contributed by atoms with Gasteiger partial charge in [0.05, 0.1) is 23.9 Å². The van der Waals surface area contributed by atoms with Gasteiger partial charge in [-0.05, 0) is 56.2 Å². The number of nitriles is 1. The highest BCUT2D eigenvalue weighted by molar-refractivity contribution is 5.98. The fraction of sp³-hybridized carbons (Fsp3) is 0.250. The number of carbonyl (C=O) groups is 1. The Kier molecular flexibility index (Phi) is 6.57. The fourth-order valence-corrected chi connectivity index (χ4v) is 3.95. The molecule has 35 heavy (non-hydrogen) atoms. The summed E-state index contributed by atoms with van der Waals surface area (Å²) < 4.78 is 1.74. The number of aryl methyl sites for hydroxylation is 2. The van der Waals surface area contributed by atoms with E-state index in [-0.39, 0.29) is 30.4 Å². The Hall–Kier alpha value is -4.56. The van der Waals surface area contributed by atoms with Gasteiger partial charge < -0.3 is 21.5 Å². The van der Waals surface area contributed by atoms with E-state index >= 15 is 0 Å². The molecule has 4 rings (SSSR count). The number of aromatic nitrogens is 5. The number of rotatable bonds is 7. The Bertz CT molecular complexity index is 1430. The van der Waals surface area contributed by atoms with E-state index in [4.69, 9.17) is 15.8 Å². The van der Waals surface area contributed by atoms with Gasteiger partial charge in [-0.2, -0.15) is 10.4 Å². The standard InChI is InChI=1S/C24H25N9O2/c1-13-9-16(10-14(2)19(13)24(35)27-6-8-34)20-18-5-4-7-33(18)32-22(31-20)15(3)30-23-17(11-25)21(26)28-12-29-23/h4-5,7,9-10,12,15,34H,6,8H2,1-3H3,(H,27,35)(H3,26,28,29,30)/t15-/m0/s1. The number of aliphatic hydroxyl groups excluding tert-OH is 1. The van der Waals surface area contributed by atoms with Crippen LogP contribution in [0.15, 0.2) is 36.8 Å². The molecule has 0 fully saturated rings. The summed E-state index contributed by atoms with van der Waals surface area (Å²) in [5.74, 6) is 0.640. The number of benzene rings is 1. The smallest absolute Gasteiger partial charge is 0.251 e. The second-order valence-electron chi connectivity index (χ2n) is 8.08. The average Bonchev–Trinajstić information content (AvgIpc) is 3.30. The summed E-state index contributed by atoms with van der Waals surface area (Å²) in [6.45, 7) is 5.67. The van der Waals surface area contributed by atoms with Crippen LogP contribution in [0.3, 0.4) is 0 Å². The molecule has 4 aromatic rings. The predicted molar refractivity (Wildman–Crippen MR) is 131 cm³/mol. The number of carbonyl (C=O) groups excluding carboxylic acids is 1. The second-order valence-corrected chi connectivity index (χ2v) is 8.08. The van der Waals surface area contributed by atoms with Crippen LogP contribution < -0.4 is 16.4 Å². The highest BCUT2D eigenvalue weighted by Gasteiger charge is 2.20. The van der Waals surface area contributed by atoms with Crippen LogP contribution in [-0.2, 0) is 0 Å². The topological polar surface area (TPSA) is 167 Å². The van der Waals surface area contributed by atoms with Gasteiger partial charge in [0.1, 0.15) is 29.6 Å². The second kappa shape index (κ2) is 9.74. The molecule has 0 spiro atoms. The summed E-state index contributed by atoms with van der Waals surface area (Å²) in [6, 6.07) is 9.23. The van der Waals surface area contributed by atoms with Gasteiger partial charge in [-0.15, -0.1) is 0 Å². The van der Waals surface area contributed by atoms with Gasteiger partial charge >= 0.3 is 0 Å². The lowest BCUT2D eigenvalue weighted by atomic mass is 9.97. The molecular formula is C24H25N9O2. The van der Waals surface area contributed by atoms with E-state index in [1.807, 2.05) is 57.3 Å². The van der Waals surface area contributed by atoms with Crippen molar-refractivity contribution in [2.45, 2.75) is 26.8 Å². The molecule has 178 valence electrons. The lowest BCUT2D eigenvalue weighted by Crippen LogP contribution is -2.27. The SMILES string of the molecule is Cc1cc(-c2nc([C@H](C)Nc3ncnc(N)c3C#N)nn3cccc23)cc(C)c1C(=O)NCCO. The van der Waals surface area contributed by atoms with Crippen LogP contribution in [0.1, 0.15) is 45.8 Å². The van der Waals surface area contributed by atoms with Gasteiger partial charge in [0, 0.05) is 23.9 Å². The molecule has 3 aromatic heterocycles. The molecule has 0 bridgehead atoms. The summed E-state index contributed by atoms with van der Waals surface area (Å²) in [5, 5.41) is 28.9. The van der Waals surface area contributed by atoms with Gasteiger partial charge in [0.15, 0.2) is 5.82 Å². The van der Waals surface area contributed by atoms with Crippen molar-refractivity contribution >= 4 is 23.1 Å². The zero-order valence-corrected chi connectivity index (χ0v) is 19.6. The number of nitrogens with zero attached hydrogens (tertiary/aromatic N) is 6. The molecule has 0 aliphatic heterocycles. The van der Waals surface area contributed by atoms with E-state index in [1.54, 1.807) is 4.52 Å². The number of hydrogen-bond donors (Lipinski definition) is 4. The minimum Gasteiger partial charge on any atom is -0.395 e. The van der Waals surface area contributed by atoms with Gasteiger partial charge in [0.25, 0.3) is 5.91 Å². The highest BCUT2D eigenvalue weighted by Crippen LogP contribution is 2.29. The summed E-state index contributed by atoms with van der Waals surface area (Å²) in [7, 11) is 0. The maximum Gasteiger partial charge on any atom is 0.251 e. The lowest BCUT2D eigenvalue weighted by Gasteiger charge is -2.17. The van der Waals surface area contributed by atoms with Crippen LogP contribution in [-0.4, -0.2) is 48.7 Å². The number of anilines is 2. The minimum absolute atomic E-state index is 0.0914. The molecule has 11 nitrogen and oxygen atoms in total. The van der Waals surface area contributed by atoms with Crippen LogP contribution in [0.5, 0.6) is 0 Å². The van der Waals surface area contributed by atoms with Crippen LogP contribution in [0.2, 0.25) is 0 Å². The molecule has 0 saturated carbocycles. The Morgan fingerprint density at radius 2 is 2.03 bits per heavy atom. The van der Waals surface area contributed by atoms with Crippen LogP contribution in [0.25, 0.3) is 16.8 Å². The number of amides is 1. The first-order valence-electron chi connectivity index (χ1n) is 11.0. The highest BCUT2D eigenvalue weighted by atomic mass is 16.3. The van der Waals surface area contributed by atoms with E-state index in [2.05, 4.69) is 25.7 Å². The molecule has 5 N–H and O–H groups in total.